The number of pyridine rings is 1. The summed E-state index contributed by atoms with van der Waals surface area (Å²) < 4.78 is 0. The topological polar surface area (TPSA) is 90.7 Å². The number of carboxylic acid groups (broad SMARTS) is 2. The summed E-state index contributed by atoms with van der Waals surface area (Å²) in [5.41, 5.74) is 6.70. The van der Waals surface area contributed by atoms with Gasteiger partial charge in [0.2, 0.25) is 0 Å². The van der Waals surface area contributed by atoms with Crippen LogP contribution < -0.4 is 4.90 Å². The molecule has 39 heavy (non-hydrogen) atoms. The first-order valence-electron chi connectivity index (χ1n) is 12.3. The van der Waals surface area contributed by atoms with Crippen LogP contribution in [0.15, 0.2) is 121 Å². The molecule has 6 nitrogen and oxygen atoms in total. The third kappa shape index (κ3) is 4.45. The van der Waals surface area contributed by atoms with Crippen LogP contribution in [0.25, 0.3) is 32.9 Å². The molecular weight excluding hydrogens is 488 g/mol. The highest BCUT2D eigenvalue weighted by Gasteiger charge is 2.16. The Hall–Kier alpha value is -5.49. The van der Waals surface area contributed by atoms with Gasteiger partial charge in [-0.2, -0.15) is 0 Å². The van der Waals surface area contributed by atoms with Crippen molar-refractivity contribution in [3.63, 3.8) is 0 Å². The number of hydrogen-bond donors (Lipinski definition) is 2. The molecule has 6 heteroatoms. The average Bonchev–Trinajstić information content (AvgIpc) is 2.97. The van der Waals surface area contributed by atoms with Crippen LogP contribution in [-0.2, 0) is 0 Å². The normalized spacial score (nSPS) is 11.0. The molecule has 0 spiro atoms. The van der Waals surface area contributed by atoms with E-state index in [0.29, 0.717) is 0 Å². The van der Waals surface area contributed by atoms with E-state index in [0.717, 1.165) is 50.0 Å². The summed E-state index contributed by atoms with van der Waals surface area (Å²) in [6.07, 6.45) is 0. The van der Waals surface area contributed by atoms with Gasteiger partial charge in [0.1, 0.15) is 0 Å². The number of hydrogen-bond acceptors (Lipinski definition) is 4. The highest BCUT2D eigenvalue weighted by molar-refractivity contribution is 6.09. The van der Waals surface area contributed by atoms with Gasteiger partial charge in [0.25, 0.3) is 0 Å². The fourth-order valence-electron chi connectivity index (χ4n) is 4.88. The standard InChI is InChI=1S/C33H22N2O4/c36-32(37)22-11-17-25(18-12-22)35(26-19-13-23(14-20-26)33(38)39)24-15-9-21(10-16-24)31-27-5-1-3-7-29(27)34-30-8-4-2-6-28(30)31/h1-20H,(H,36,37)(H,38,39). The number of para-hydroxylation sites is 2. The number of carboxylic acids is 2. The van der Waals surface area contributed by atoms with Crippen LogP contribution in [0, 0.1) is 0 Å². The first-order valence-corrected chi connectivity index (χ1v) is 12.3. The van der Waals surface area contributed by atoms with E-state index in [1.165, 1.54) is 0 Å². The van der Waals surface area contributed by atoms with Crippen molar-refractivity contribution < 1.29 is 19.8 Å². The van der Waals surface area contributed by atoms with Gasteiger partial charge in [-0.15, -0.1) is 0 Å². The molecule has 6 rings (SSSR count). The Morgan fingerprint density at radius 2 is 0.897 bits per heavy atom. The zero-order valence-corrected chi connectivity index (χ0v) is 20.7. The predicted octanol–water partition coefficient (Wildman–Crippen LogP) is 7.92. The highest BCUT2D eigenvalue weighted by atomic mass is 16.4. The number of benzene rings is 5. The first kappa shape index (κ1) is 23.9. The van der Waals surface area contributed by atoms with Crippen molar-refractivity contribution >= 4 is 50.8 Å². The summed E-state index contributed by atoms with van der Waals surface area (Å²) in [6, 6.07) is 37.5. The van der Waals surface area contributed by atoms with Crippen molar-refractivity contribution in [3.8, 4) is 11.1 Å². The molecule has 0 fully saturated rings. The number of aromatic nitrogens is 1. The van der Waals surface area contributed by atoms with Gasteiger partial charge < -0.3 is 15.1 Å². The second-order valence-electron chi connectivity index (χ2n) is 9.11. The third-order valence-electron chi connectivity index (χ3n) is 6.75. The van der Waals surface area contributed by atoms with Crippen LogP contribution in [-0.4, -0.2) is 27.1 Å². The number of carbonyl (C=O) groups is 2. The summed E-state index contributed by atoms with van der Waals surface area (Å²) in [7, 11) is 0. The number of aromatic carboxylic acids is 2. The van der Waals surface area contributed by atoms with Crippen molar-refractivity contribution in [1.82, 2.24) is 4.98 Å². The maximum atomic E-state index is 11.4. The second kappa shape index (κ2) is 9.76. The molecule has 0 saturated heterocycles. The molecule has 0 amide bonds. The lowest BCUT2D eigenvalue weighted by Gasteiger charge is -2.26. The third-order valence-corrected chi connectivity index (χ3v) is 6.75. The van der Waals surface area contributed by atoms with Gasteiger partial charge in [0.05, 0.1) is 22.2 Å². The minimum atomic E-state index is -1.000. The van der Waals surface area contributed by atoms with Gasteiger partial charge in [-0.25, -0.2) is 14.6 Å². The van der Waals surface area contributed by atoms with Crippen LogP contribution >= 0.6 is 0 Å². The predicted molar refractivity (Wildman–Crippen MR) is 153 cm³/mol. The van der Waals surface area contributed by atoms with E-state index in [4.69, 9.17) is 4.98 Å². The van der Waals surface area contributed by atoms with Crippen molar-refractivity contribution in [2.24, 2.45) is 0 Å². The van der Waals surface area contributed by atoms with Gasteiger partial charge in [0.15, 0.2) is 0 Å². The van der Waals surface area contributed by atoms with Crippen LogP contribution in [0.3, 0.4) is 0 Å². The molecule has 0 unspecified atom stereocenters. The fourth-order valence-corrected chi connectivity index (χ4v) is 4.88. The molecule has 1 aromatic heterocycles. The Morgan fingerprint density at radius 1 is 0.513 bits per heavy atom. The van der Waals surface area contributed by atoms with Gasteiger partial charge in [0, 0.05) is 33.4 Å². The van der Waals surface area contributed by atoms with E-state index in [1.807, 2.05) is 53.4 Å². The summed E-state index contributed by atoms with van der Waals surface area (Å²) in [5.74, 6) is -2.00. The van der Waals surface area contributed by atoms with Crippen molar-refractivity contribution in [2.45, 2.75) is 0 Å². The Balaban J connectivity index is 1.48. The van der Waals surface area contributed by atoms with Gasteiger partial charge >= 0.3 is 11.9 Å². The molecule has 0 aliphatic heterocycles. The molecule has 188 valence electrons. The molecule has 0 bridgehead atoms. The minimum absolute atomic E-state index is 0.187. The Kier molecular flexibility index (Phi) is 5.98. The lowest BCUT2D eigenvalue weighted by Crippen LogP contribution is -2.10. The molecule has 0 saturated carbocycles. The lowest BCUT2D eigenvalue weighted by atomic mass is 9.96. The molecule has 0 atom stereocenters. The van der Waals surface area contributed by atoms with E-state index in [-0.39, 0.29) is 11.1 Å². The SMILES string of the molecule is O=C(O)c1ccc(N(c2ccc(C(=O)O)cc2)c2ccc(-c3c4ccccc4nc4ccccc34)cc2)cc1. The molecule has 1 heterocycles. The largest absolute Gasteiger partial charge is 0.478 e. The fraction of sp³-hybridized carbons (Fsp3) is 0. The second-order valence-corrected chi connectivity index (χ2v) is 9.11. The van der Waals surface area contributed by atoms with Crippen molar-refractivity contribution in [3.05, 3.63) is 132 Å². The monoisotopic (exact) mass is 510 g/mol. The zero-order valence-electron chi connectivity index (χ0n) is 20.7. The molecular formula is C33H22N2O4. The molecule has 2 N–H and O–H groups in total. The molecule has 5 aromatic carbocycles. The van der Waals surface area contributed by atoms with E-state index >= 15 is 0 Å². The highest BCUT2D eigenvalue weighted by Crippen LogP contribution is 2.39. The smallest absolute Gasteiger partial charge is 0.335 e. The summed E-state index contributed by atoms with van der Waals surface area (Å²) in [5, 5.41) is 20.8. The average molecular weight is 511 g/mol. The Bertz CT molecular complexity index is 1730. The Morgan fingerprint density at radius 3 is 1.31 bits per heavy atom. The van der Waals surface area contributed by atoms with E-state index < -0.39 is 11.9 Å². The molecule has 6 aromatic rings. The van der Waals surface area contributed by atoms with Gasteiger partial charge in [-0.05, 0) is 78.4 Å². The molecule has 0 aliphatic carbocycles. The number of anilines is 3. The van der Waals surface area contributed by atoms with Crippen LogP contribution in [0.2, 0.25) is 0 Å². The maximum Gasteiger partial charge on any atom is 0.335 e. The maximum absolute atomic E-state index is 11.4. The van der Waals surface area contributed by atoms with E-state index in [2.05, 4.69) is 24.3 Å². The van der Waals surface area contributed by atoms with Crippen molar-refractivity contribution in [1.29, 1.82) is 0 Å². The van der Waals surface area contributed by atoms with Crippen LogP contribution in [0.4, 0.5) is 17.1 Å². The summed E-state index contributed by atoms with van der Waals surface area (Å²) in [6.45, 7) is 0. The number of nitrogens with zero attached hydrogens (tertiary/aromatic N) is 2. The minimum Gasteiger partial charge on any atom is -0.478 e. The van der Waals surface area contributed by atoms with Crippen LogP contribution in [0.1, 0.15) is 20.7 Å². The van der Waals surface area contributed by atoms with E-state index in [9.17, 15) is 19.8 Å². The Labute approximate surface area is 224 Å². The van der Waals surface area contributed by atoms with Crippen molar-refractivity contribution in [2.75, 3.05) is 4.90 Å². The van der Waals surface area contributed by atoms with Gasteiger partial charge in [-0.1, -0.05) is 48.5 Å². The molecule has 0 radical (unpaired) electrons. The van der Waals surface area contributed by atoms with Crippen LogP contribution in [0.5, 0.6) is 0 Å². The lowest BCUT2D eigenvalue weighted by molar-refractivity contribution is 0.0686. The summed E-state index contributed by atoms with van der Waals surface area (Å²) in [4.78, 5) is 29.6. The van der Waals surface area contributed by atoms with Gasteiger partial charge in [-0.3, -0.25) is 0 Å². The van der Waals surface area contributed by atoms with E-state index in [1.54, 1.807) is 48.5 Å². The zero-order chi connectivity index (χ0) is 26.9. The first-order chi connectivity index (χ1) is 19.0. The quantitative estimate of drug-likeness (QED) is 0.221. The number of fused-ring (bicyclic) bond motifs is 2. The summed E-state index contributed by atoms with van der Waals surface area (Å²) >= 11 is 0. The molecule has 0 aliphatic rings. The number of rotatable bonds is 6.